The molecule has 0 amide bonds. The maximum Gasteiger partial charge on any atom is 0.164 e. The molecule has 4 nitrogen and oxygen atoms in total. The second-order valence-corrected chi connectivity index (χ2v) is 11.3. The zero-order chi connectivity index (χ0) is 29.7. The van der Waals surface area contributed by atoms with Crippen LogP contribution in [0.25, 0.3) is 88.8 Å². The second kappa shape index (κ2) is 10.2. The molecule has 210 valence electrons. The molecule has 9 rings (SSSR count). The molecule has 4 heteroatoms. The zero-order valence-electron chi connectivity index (χ0n) is 24.2. The molecule has 2 aromatic heterocycles. The molecule has 0 bridgehead atoms. The van der Waals surface area contributed by atoms with E-state index in [0.717, 1.165) is 65.9 Å². The minimum atomic E-state index is 0.639. The number of fused-ring (bicyclic) bond motifs is 5. The Kier molecular flexibility index (Phi) is 5.78. The van der Waals surface area contributed by atoms with Gasteiger partial charge in [0.15, 0.2) is 17.5 Å². The molecule has 2 heterocycles. The molecule has 7 aromatic carbocycles. The molecular weight excluding hydrogens is 550 g/mol. The normalized spacial score (nSPS) is 11.6. The van der Waals surface area contributed by atoms with Crippen LogP contribution in [-0.2, 0) is 0 Å². The number of aromatic nitrogens is 3. The summed E-state index contributed by atoms with van der Waals surface area (Å²) in [6, 6.07) is 52.4. The van der Waals surface area contributed by atoms with Crippen LogP contribution in [0.15, 0.2) is 156 Å². The Morgan fingerprint density at radius 1 is 0.333 bits per heavy atom. The summed E-state index contributed by atoms with van der Waals surface area (Å²) in [6.07, 6.45) is 0. The molecule has 45 heavy (non-hydrogen) atoms. The van der Waals surface area contributed by atoms with Gasteiger partial charge in [-0.2, -0.15) is 0 Å². The third-order valence-corrected chi connectivity index (χ3v) is 8.50. The molecular formula is C41H25N3O. The van der Waals surface area contributed by atoms with Gasteiger partial charge in [-0.1, -0.05) is 121 Å². The predicted octanol–water partition coefficient (Wildman–Crippen LogP) is 10.7. The predicted molar refractivity (Wildman–Crippen MR) is 184 cm³/mol. The lowest BCUT2D eigenvalue weighted by molar-refractivity contribution is 0.669. The van der Waals surface area contributed by atoms with Gasteiger partial charge in [0.25, 0.3) is 0 Å². The monoisotopic (exact) mass is 575 g/mol. The van der Waals surface area contributed by atoms with Gasteiger partial charge in [0.05, 0.1) is 0 Å². The van der Waals surface area contributed by atoms with Crippen molar-refractivity contribution in [3.8, 4) is 45.3 Å². The van der Waals surface area contributed by atoms with E-state index in [1.807, 2.05) is 42.5 Å². The number of nitrogens with zero attached hydrogens (tertiary/aromatic N) is 3. The molecule has 0 aliphatic rings. The number of hydrogen-bond donors (Lipinski definition) is 0. The van der Waals surface area contributed by atoms with Crippen molar-refractivity contribution in [2.75, 3.05) is 0 Å². The maximum absolute atomic E-state index is 6.10. The highest BCUT2D eigenvalue weighted by Gasteiger charge is 2.15. The van der Waals surface area contributed by atoms with E-state index in [9.17, 15) is 0 Å². The largest absolute Gasteiger partial charge is 0.456 e. The molecule has 0 atom stereocenters. The van der Waals surface area contributed by atoms with Gasteiger partial charge in [-0.3, -0.25) is 0 Å². The van der Waals surface area contributed by atoms with Gasteiger partial charge in [0, 0.05) is 27.5 Å². The highest BCUT2D eigenvalue weighted by Crippen LogP contribution is 2.36. The molecule has 0 saturated carbocycles. The standard InChI is InChI=1S/C41H25N3O/c1-2-10-28(11-3-1)39-42-40(31-19-17-26-9-4-5-12-29(26)23-31)44-41(43-39)32-20-18-27-13-8-15-33(35(27)25-32)30-21-22-38-36(24-30)34-14-6-7-16-37(34)45-38/h1-25H. The van der Waals surface area contributed by atoms with E-state index in [0.29, 0.717) is 17.5 Å². The molecule has 0 unspecified atom stereocenters. The Morgan fingerprint density at radius 2 is 0.933 bits per heavy atom. The fourth-order valence-electron chi connectivity index (χ4n) is 6.24. The molecule has 0 spiro atoms. The van der Waals surface area contributed by atoms with Crippen molar-refractivity contribution in [3.05, 3.63) is 152 Å². The first-order valence-electron chi connectivity index (χ1n) is 15.0. The van der Waals surface area contributed by atoms with Gasteiger partial charge < -0.3 is 4.42 Å². The highest BCUT2D eigenvalue weighted by molar-refractivity contribution is 6.08. The van der Waals surface area contributed by atoms with Crippen molar-refractivity contribution >= 4 is 43.5 Å². The van der Waals surface area contributed by atoms with Crippen LogP contribution in [0.3, 0.4) is 0 Å². The van der Waals surface area contributed by atoms with Crippen molar-refractivity contribution in [3.63, 3.8) is 0 Å². The van der Waals surface area contributed by atoms with Crippen LogP contribution in [-0.4, -0.2) is 15.0 Å². The van der Waals surface area contributed by atoms with E-state index in [2.05, 4.69) is 109 Å². The minimum absolute atomic E-state index is 0.639. The van der Waals surface area contributed by atoms with Crippen molar-refractivity contribution in [2.24, 2.45) is 0 Å². The lowest BCUT2D eigenvalue weighted by Gasteiger charge is -2.11. The van der Waals surface area contributed by atoms with E-state index in [1.165, 1.54) is 5.39 Å². The van der Waals surface area contributed by atoms with E-state index in [1.54, 1.807) is 0 Å². The average molecular weight is 576 g/mol. The molecule has 0 aliphatic carbocycles. The quantitative estimate of drug-likeness (QED) is 0.209. The first-order chi connectivity index (χ1) is 22.3. The SMILES string of the molecule is c1ccc(-c2nc(-c3ccc4ccccc4c3)nc(-c3ccc4cccc(-c5ccc6oc7ccccc7c6c5)c4c3)n2)cc1. The maximum atomic E-state index is 6.10. The summed E-state index contributed by atoms with van der Waals surface area (Å²) in [6.45, 7) is 0. The van der Waals surface area contributed by atoms with Crippen LogP contribution in [0.4, 0.5) is 0 Å². The topological polar surface area (TPSA) is 51.8 Å². The Morgan fingerprint density at radius 3 is 1.78 bits per heavy atom. The van der Waals surface area contributed by atoms with Gasteiger partial charge in [0.2, 0.25) is 0 Å². The summed E-state index contributed by atoms with van der Waals surface area (Å²) in [5, 5.41) is 6.85. The van der Waals surface area contributed by atoms with Crippen molar-refractivity contribution in [1.29, 1.82) is 0 Å². The summed E-state index contributed by atoms with van der Waals surface area (Å²) in [5.41, 5.74) is 6.91. The number of rotatable bonds is 4. The first kappa shape index (κ1) is 25.4. The van der Waals surface area contributed by atoms with Gasteiger partial charge in [-0.25, -0.2) is 15.0 Å². The summed E-state index contributed by atoms with van der Waals surface area (Å²) in [7, 11) is 0. The van der Waals surface area contributed by atoms with Crippen LogP contribution in [0, 0.1) is 0 Å². The van der Waals surface area contributed by atoms with Crippen molar-refractivity contribution < 1.29 is 4.42 Å². The van der Waals surface area contributed by atoms with Crippen LogP contribution >= 0.6 is 0 Å². The van der Waals surface area contributed by atoms with Crippen LogP contribution < -0.4 is 0 Å². The van der Waals surface area contributed by atoms with Gasteiger partial charge in [0.1, 0.15) is 11.2 Å². The van der Waals surface area contributed by atoms with Crippen LogP contribution in [0.5, 0.6) is 0 Å². The fourth-order valence-corrected chi connectivity index (χ4v) is 6.24. The summed E-state index contributed by atoms with van der Waals surface area (Å²) in [5.74, 6) is 1.93. The van der Waals surface area contributed by atoms with Crippen molar-refractivity contribution in [2.45, 2.75) is 0 Å². The number of para-hydroxylation sites is 1. The Labute approximate surface area is 259 Å². The molecule has 0 radical (unpaired) electrons. The summed E-state index contributed by atoms with van der Waals surface area (Å²) in [4.78, 5) is 15.0. The second-order valence-electron chi connectivity index (χ2n) is 11.3. The van der Waals surface area contributed by atoms with Crippen LogP contribution in [0.2, 0.25) is 0 Å². The molecule has 0 fully saturated rings. The van der Waals surface area contributed by atoms with Crippen molar-refractivity contribution in [1.82, 2.24) is 15.0 Å². The number of hydrogen-bond acceptors (Lipinski definition) is 4. The molecule has 0 N–H and O–H groups in total. The Balaban J connectivity index is 1.22. The summed E-state index contributed by atoms with van der Waals surface area (Å²) < 4.78 is 6.10. The number of benzene rings is 7. The lowest BCUT2D eigenvalue weighted by atomic mass is 9.95. The molecule has 9 aromatic rings. The lowest BCUT2D eigenvalue weighted by Crippen LogP contribution is -2.00. The van der Waals surface area contributed by atoms with E-state index in [-0.39, 0.29) is 0 Å². The Bertz CT molecular complexity index is 2550. The third-order valence-electron chi connectivity index (χ3n) is 8.50. The fraction of sp³-hybridized carbons (Fsp3) is 0. The van der Waals surface area contributed by atoms with E-state index in [4.69, 9.17) is 19.4 Å². The van der Waals surface area contributed by atoms with Gasteiger partial charge >= 0.3 is 0 Å². The average Bonchev–Trinajstić information content (AvgIpc) is 3.49. The highest BCUT2D eigenvalue weighted by atomic mass is 16.3. The number of furan rings is 1. The first-order valence-corrected chi connectivity index (χ1v) is 15.0. The zero-order valence-corrected chi connectivity index (χ0v) is 24.2. The van der Waals surface area contributed by atoms with Gasteiger partial charge in [-0.15, -0.1) is 0 Å². The van der Waals surface area contributed by atoms with Gasteiger partial charge in [-0.05, 0) is 63.0 Å². The molecule has 0 aliphatic heterocycles. The minimum Gasteiger partial charge on any atom is -0.456 e. The third kappa shape index (κ3) is 4.43. The Hall–Kier alpha value is -6.13. The van der Waals surface area contributed by atoms with E-state index < -0.39 is 0 Å². The van der Waals surface area contributed by atoms with Crippen LogP contribution in [0.1, 0.15) is 0 Å². The molecule has 0 saturated heterocycles. The van der Waals surface area contributed by atoms with E-state index >= 15 is 0 Å². The smallest absolute Gasteiger partial charge is 0.164 e. The summed E-state index contributed by atoms with van der Waals surface area (Å²) >= 11 is 0.